The maximum Gasteiger partial charge on any atom is 0.163 e. The highest BCUT2D eigenvalue weighted by atomic mass is 35.5. The monoisotopic (exact) mass is 288 g/mol. The average Bonchev–Trinajstić information content (AvgIpc) is 2.46. The molecule has 4 nitrogen and oxygen atoms in total. The molecule has 2 aromatic rings. The van der Waals surface area contributed by atoms with Gasteiger partial charge in [0.25, 0.3) is 0 Å². The van der Waals surface area contributed by atoms with Crippen LogP contribution in [0.1, 0.15) is 17.3 Å². The normalized spacial score (nSPS) is 13.6. The highest BCUT2D eigenvalue weighted by molar-refractivity contribution is 6.33. The third-order valence-corrected chi connectivity index (χ3v) is 3.52. The summed E-state index contributed by atoms with van der Waals surface area (Å²) in [6, 6.07) is 9.11. The first-order valence-corrected chi connectivity index (χ1v) is 6.71. The number of halogens is 1. The highest BCUT2D eigenvalue weighted by Crippen LogP contribution is 2.40. The molecule has 3 rings (SSSR count). The van der Waals surface area contributed by atoms with Gasteiger partial charge in [0.15, 0.2) is 17.4 Å². The SMILES string of the molecule is CC(=O)c1cccc2c1OCCN2c1ncccc1Cl. The number of pyridine rings is 1. The number of para-hydroxylation sites is 1. The lowest BCUT2D eigenvalue weighted by Crippen LogP contribution is -2.30. The molecule has 0 N–H and O–H groups in total. The number of anilines is 2. The Kier molecular flexibility index (Phi) is 3.32. The van der Waals surface area contributed by atoms with Gasteiger partial charge in [-0.05, 0) is 31.2 Å². The van der Waals surface area contributed by atoms with Crippen LogP contribution in [0.3, 0.4) is 0 Å². The van der Waals surface area contributed by atoms with Crippen LogP contribution < -0.4 is 9.64 Å². The van der Waals surface area contributed by atoms with Crippen molar-refractivity contribution in [3.8, 4) is 5.75 Å². The van der Waals surface area contributed by atoms with E-state index in [1.165, 1.54) is 6.92 Å². The molecule has 0 bridgehead atoms. The third-order valence-electron chi connectivity index (χ3n) is 3.22. The van der Waals surface area contributed by atoms with Crippen LogP contribution in [0.25, 0.3) is 0 Å². The summed E-state index contributed by atoms with van der Waals surface area (Å²) < 4.78 is 5.67. The Labute approximate surface area is 122 Å². The Morgan fingerprint density at radius 2 is 2.20 bits per heavy atom. The quantitative estimate of drug-likeness (QED) is 0.794. The second kappa shape index (κ2) is 5.13. The molecule has 2 heterocycles. The average molecular weight is 289 g/mol. The van der Waals surface area contributed by atoms with E-state index < -0.39 is 0 Å². The second-order valence-corrected chi connectivity index (χ2v) is 4.93. The van der Waals surface area contributed by atoms with Gasteiger partial charge in [-0.25, -0.2) is 4.98 Å². The van der Waals surface area contributed by atoms with E-state index in [1.54, 1.807) is 24.4 Å². The number of carbonyl (C=O) groups excluding carboxylic acids is 1. The summed E-state index contributed by atoms with van der Waals surface area (Å²) in [6.45, 7) is 2.67. The summed E-state index contributed by atoms with van der Waals surface area (Å²) in [5, 5.41) is 0.577. The Balaban J connectivity index is 2.14. The Morgan fingerprint density at radius 1 is 1.35 bits per heavy atom. The van der Waals surface area contributed by atoms with Gasteiger partial charge >= 0.3 is 0 Å². The number of fused-ring (bicyclic) bond motifs is 1. The van der Waals surface area contributed by atoms with Crippen molar-refractivity contribution in [1.82, 2.24) is 4.98 Å². The van der Waals surface area contributed by atoms with Crippen LogP contribution in [0.2, 0.25) is 5.02 Å². The summed E-state index contributed by atoms with van der Waals surface area (Å²) in [5.74, 6) is 1.27. The van der Waals surface area contributed by atoms with Gasteiger partial charge in [-0.15, -0.1) is 0 Å². The summed E-state index contributed by atoms with van der Waals surface area (Å²) in [7, 11) is 0. The lowest BCUT2D eigenvalue weighted by Gasteiger charge is -2.31. The number of rotatable bonds is 2. The molecule has 0 atom stereocenters. The largest absolute Gasteiger partial charge is 0.489 e. The Hall–Kier alpha value is -2.07. The van der Waals surface area contributed by atoms with Crippen molar-refractivity contribution in [3.63, 3.8) is 0 Å². The van der Waals surface area contributed by atoms with Crippen LogP contribution in [0.4, 0.5) is 11.5 Å². The van der Waals surface area contributed by atoms with E-state index in [1.807, 2.05) is 17.0 Å². The van der Waals surface area contributed by atoms with Crippen LogP contribution in [-0.2, 0) is 0 Å². The van der Waals surface area contributed by atoms with Gasteiger partial charge in [0.1, 0.15) is 6.61 Å². The standard InChI is InChI=1S/C15H13ClN2O2/c1-10(19)11-4-2-6-13-14(11)20-9-8-18(13)15-12(16)5-3-7-17-15/h2-7H,8-9H2,1H3. The molecule has 20 heavy (non-hydrogen) atoms. The number of ketones is 1. The van der Waals surface area contributed by atoms with E-state index in [0.29, 0.717) is 35.3 Å². The van der Waals surface area contributed by atoms with E-state index in [0.717, 1.165) is 5.69 Å². The van der Waals surface area contributed by atoms with Gasteiger partial charge in [0.05, 0.1) is 22.8 Å². The van der Waals surface area contributed by atoms with Crippen molar-refractivity contribution in [2.75, 3.05) is 18.1 Å². The lowest BCUT2D eigenvalue weighted by molar-refractivity contribution is 0.101. The maximum absolute atomic E-state index is 11.7. The molecule has 0 spiro atoms. The third kappa shape index (κ3) is 2.12. The molecule has 0 saturated heterocycles. The molecule has 1 aliphatic heterocycles. The fourth-order valence-corrected chi connectivity index (χ4v) is 2.55. The number of Topliss-reactive ketones (excluding diaryl/α,β-unsaturated/α-hetero) is 1. The van der Waals surface area contributed by atoms with Gasteiger partial charge in [-0.2, -0.15) is 0 Å². The first kappa shape index (κ1) is 12.9. The fraction of sp³-hybridized carbons (Fsp3) is 0.200. The second-order valence-electron chi connectivity index (χ2n) is 4.52. The zero-order valence-electron chi connectivity index (χ0n) is 11.0. The summed E-state index contributed by atoms with van der Waals surface area (Å²) in [6.07, 6.45) is 1.70. The van der Waals surface area contributed by atoms with Gasteiger partial charge < -0.3 is 9.64 Å². The predicted molar refractivity (Wildman–Crippen MR) is 78.2 cm³/mol. The molecule has 0 aliphatic carbocycles. The van der Waals surface area contributed by atoms with E-state index in [9.17, 15) is 4.79 Å². The minimum Gasteiger partial charge on any atom is -0.489 e. The van der Waals surface area contributed by atoms with Gasteiger partial charge in [0.2, 0.25) is 0 Å². The van der Waals surface area contributed by atoms with Crippen LogP contribution in [0.15, 0.2) is 36.5 Å². The Bertz CT molecular complexity index is 673. The molecular formula is C15H13ClN2O2. The van der Waals surface area contributed by atoms with Gasteiger partial charge in [-0.3, -0.25) is 4.79 Å². The minimum atomic E-state index is -0.0178. The number of nitrogens with zero attached hydrogens (tertiary/aromatic N) is 2. The number of hydrogen-bond donors (Lipinski definition) is 0. The summed E-state index contributed by atoms with van der Waals surface area (Å²) in [4.78, 5) is 18.0. The summed E-state index contributed by atoms with van der Waals surface area (Å²) >= 11 is 6.21. The molecule has 0 saturated carbocycles. The highest BCUT2D eigenvalue weighted by Gasteiger charge is 2.25. The molecule has 0 amide bonds. The number of benzene rings is 1. The summed E-state index contributed by atoms with van der Waals surface area (Å²) in [5.41, 5.74) is 1.41. The van der Waals surface area contributed by atoms with Gasteiger partial charge in [0, 0.05) is 6.20 Å². The van der Waals surface area contributed by atoms with E-state index in [2.05, 4.69) is 4.98 Å². The van der Waals surface area contributed by atoms with Crippen LogP contribution in [0.5, 0.6) is 5.75 Å². The molecule has 5 heteroatoms. The Morgan fingerprint density at radius 3 is 2.95 bits per heavy atom. The van der Waals surface area contributed by atoms with E-state index >= 15 is 0 Å². The van der Waals surface area contributed by atoms with Crippen LogP contribution in [0, 0.1) is 0 Å². The molecule has 1 aromatic heterocycles. The minimum absolute atomic E-state index is 0.0178. The molecule has 0 radical (unpaired) electrons. The number of ether oxygens (including phenoxy) is 1. The van der Waals surface area contributed by atoms with Crippen molar-refractivity contribution in [3.05, 3.63) is 47.1 Å². The first-order chi connectivity index (χ1) is 9.68. The van der Waals surface area contributed by atoms with Gasteiger partial charge in [-0.1, -0.05) is 17.7 Å². The van der Waals surface area contributed by atoms with E-state index in [-0.39, 0.29) is 5.78 Å². The topological polar surface area (TPSA) is 42.4 Å². The van der Waals surface area contributed by atoms with Crippen molar-refractivity contribution in [1.29, 1.82) is 0 Å². The molecular weight excluding hydrogens is 276 g/mol. The van der Waals surface area contributed by atoms with Crippen LogP contribution in [-0.4, -0.2) is 23.9 Å². The van der Waals surface area contributed by atoms with E-state index in [4.69, 9.17) is 16.3 Å². The predicted octanol–water partition coefficient (Wildman–Crippen LogP) is 3.47. The fourth-order valence-electron chi connectivity index (χ4n) is 2.32. The molecule has 0 unspecified atom stereocenters. The molecule has 1 aliphatic rings. The number of hydrogen-bond acceptors (Lipinski definition) is 4. The number of aromatic nitrogens is 1. The molecule has 0 fully saturated rings. The van der Waals surface area contributed by atoms with Crippen molar-refractivity contribution in [2.24, 2.45) is 0 Å². The van der Waals surface area contributed by atoms with Crippen molar-refractivity contribution < 1.29 is 9.53 Å². The van der Waals surface area contributed by atoms with Crippen molar-refractivity contribution in [2.45, 2.75) is 6.92 Å². The lowest BCUT2D eigenvalue weighted by atomic mass is 10.1. The zero-order chi connectivity index (χ0) is 14.1. The maximum atomic E-state index is 11.7. The smallest absolute Gasteiger partial charge is 0.163 e. The first-order valence-electron chi connectivity index (χ1n) is 6.33. The molecule has 1 aromatic carbocycles. The molecule has 102 valence electrons. The number of carbonyl (C=O) groups is 1. The zero-order valence-corrected chi connectivity index (χ0v) is 11.7. The van der Waals surface area contributed by atoms with Crippen molar-refractivity contribution >= 4 is 28.9 Å². The van der Waals surface area contributed by atoms with Crippen LogP contribution >= 0.6 is 11.6 Å².